The molecule has 1 aliphatic heterocycles. The Balaban J connectivity index is 1.60. The highest BCUT2D eigenvalue weighted by Gasteiger charge is 2.44. The van der Waals surface area contributed by atoms with Gasteiger partial charge in [-0.1, -0.05) is 30.3 Å². The van der Waals surface area contributed by atoms with Crippen LogP contribution in [0.4, 0.5) is 0 Å². The molecule has 0 aliphatic carbocycles. The SMILES string of the molecule is Cc1ccc(Oc2ncccc2C(=O)N[C@@H]2C[C@@H](C(=O)N(C)C)N(C)[C@H]2c2ccccc2)cn1. The topological polar surface area (TPSA) is 87.7 Å². The maximum atomic E-state index is 13.4. The third-order valence-corrected chi connectivity index (χ3v) is 6.09. The van der Waals surface area contributed by atoms with Crippen LogP contribution in [-0.2, 0) is 4.79 Å². The van der Waals surface area contributed by atoms with E-state index in [2.05, 4.69) is 15.3 Å². The second-order valence-corrected chi connectivity index (χ2v) is 8.68. The Morgan fingerprint density at radius 2 is 1.82 bits per heavy atom. The van der Waals surface area contributed by atoms with Crippen LogP contribution in [0.1, 0.15) is 34.1 Å². The lowest BCUT2D eigenvalue weighted by Gasteiger charge is -2.29. The number of carbonyl (C=O) groups excluding carboxylic acids is 2. The highest BCUT2D eigenvalue weighted by atomic mass is 16.5. The minimum absolute atomic E-state index is 0.0115. The zero-order chi connectivity index (χ0) is 24.2. The third-order valence-electron chi connectivity index (χ3n) is 6.09. The van der Waals surface area contributed by atoms with Gasteiger partial charge in [0.1, 0.15) is 11.3 Å². The molecule has 0 unspecified atom stereocenters. The minimum Gasteiger partial charge on any atom is -0.437 e. The van der Waals surface area contributed by atoms with Gasteiger partial charge in [0.15, 0.2) is 0 Å². The average Bonchev–Trinajstić information content (AvgIpc) is 3.16. The van der Waals surface area contributed by atoms with Gasteiger partial charge in [0.2, 0.25) is 11.8 Å². The van der Waals surface area contributed by atoms with Crippen LogP contribution in [-0.4, -0.2) is 64.8 Å². The van der Waals surface area contributed by atoms with E-state index in [1.165, 1.54) is 0 Å². The Hall–Kier alpha value is -3.78. The number of carbonyl (C=O) groups is 2. The molecular formula is C26H29N5O3. The molecule has 1 N–H and O–H groups in total. The standard InChI is InChI=1S/C26H29N5O3/c1-17-12-13-19(16-28-17)34-25-20(11-8-14-27-25)24(32)29-21-15-22(26(33)30(2)3)31(4)23(21)18-9-6-5-7-10-18/h5-14,16,21-23H,15H2,1-4H3,(H,29,32)/t21-,22+,23+/m1/s1. The fourth-order valence-electron chi connectivity index (χ4n) is 4.36. The molecule has 34 heavy (non-hydrogen) atoms. The number of likely N-dealkylation sites (tertiary alicyclic amines) is 1. The van der Waals surface area contributed by atoms with E-state index in [-0.39, 0.29) is 35.8 Å². The van der Waals surface area contributed by atoms with Crippen LogP contribution < -0.4 is 10.1 Å². The molecule has 3 aromatic rings. The summed E-state index contributed by atoms with van der Waals surface area (Å²) in [7, 11) is 5.43. The fourth-order valence-corrected chi connectivity index (χ4v) is 4.36. The van der Waals surface area contributed by atoms with Crippen LogP contribution in [0.2, 0.25) is 0 Å². The molecule has 1 saturated heterocycles. The van der Waals surface area contributed by atoms with Crippen LogP contribution in [0.15, 0.2) is 67.0 Å². The third kappa shape index (κ3) is 4.92. The summed E-state index contributed by atoms with van der Waals surface area (Å²) in [4.78, 5) is 38.4. The Morgan fingerprint density at radius 1 is 1.06 bits per heavy atom. The zero-order valence-corrected chi connectivity index (χ0v) is 19.8. The molecule has 176 valence electrons. The molecule has 0 spiro atoms. The molecule has 2 aromatic heterocycles. The molecule has 4 rings (SSSR count). The van der Waals surface area contributed by atoms with Crippen LogP contribution in [0.3, 0.4) is 0 Å². The first-order valence-electron chi connectivity index (χ1n) is 11.2. The zero-order valence-electron chi connectivity index (χ0n) is 19.8. The molecule has 0 bridgehead atoms. The Bertz CT molecular complexity index is 1150. The van der Waals surface area contributed by atoms with Crippen molar-refractivity contribution in [3.63, 3.8) is 0 Å². The maximum Gasteiger partial charge on any atom is 0.257 e. The van der Waals surface area contributed by atoms with E-state index < -0.39 is 0 Å². The predicted octanol–water partition coefficient (Wildman–Crippen LogP) is 3.21. The van der Waals surface area contributed by atoms with Crippen molar-refractivity contribution >= 4 is 11.8 Å². The van der Waals surface area contributed by atoms with E-state index in [0.717, 1.165) is 11.3 Å². The van der Waals surface area contributed by atoms with Crippen molar-refractivity contribution in [3.05, 3.63) is 83.8 Å². The monoisotopic (exact) mass is 459 g/mol. The number of likely N-dealkylation sites (N-methyl/N-ethyl adjacent to an activating group) is 2. The van der Waals surface area contributed by atoms with E-state index in [0.29, 0.717) is 17.7 Å². The number of nitrogens with one attached hydrogen (secondary N) is 1. The Labute approximate surface area is 199 Å². The molecule has 8 nitrogen and oxygen atoms in total. The van der Waals surface area contributed by atoms with Crippen molar-refractivity contribution in [2.75, 3.05) is 21.1 Å². The second kappa shape index (κ2) is 10.0. The van der Waals surface area contributed by atoms with Gasteiger partial charge in [-0.05, 0) is 50.2 Å². The van der Waals surface area contributed by atoms with E-state index in [4.69, 9.17) is 4.74 Å². The molecule has 3 heterocycles. The van der Waals surface area contributed by atoms with Gasteiger partial charge in [0.25, 0.3) is 5.91 Å². The number of pyridine rings is 2. The Morgan fingerprint density at radius 3 is 2.50 bits per heavy atom. The molecule has 1 aromatic carbocycles. The Kier molecular flexibility index (Phi) is 6.88. The van der Waals surface area contributed by atoms with Crippen molar-refractivity contribution in [1.82, 2.24) is 25.1 Å². The molecule has 1 aliphatic rings. The van der Waals surface area contributed by atoms with Crippen LogP contribution in [0.5, 0.6) is 11.6 Å². The number of benzene rings is 1. The molecular weight excluding hydrogens is 430 g/mol. The van der Waals surface area contributed by atoms with Gasteiger partial charge in [-0.2, -0.15) is 0 Å². The van der Waals surface area contributed by atoms with Crippen molar-refractivity contribution in [2.24, 2.45) is 0 Å². The van der Waals surface area contributed by atoms with Crippen molar-refractivity contribution in [3.8, 4) is 11.6 Å². The van der Waals surface area contributed by atoms with Crippen molar-refractivity contribution in [1.29, 1.82) is 0 Å². The van der Waals surface area contributed by atoms with E-state index in [1.807, 2.05) is 55.3 Å². The van der Waals surface area contributed by atoms with Gasteiger partial charge < -0.3 is 15.0 Å². The maximum absolute atomic E-state index is 13.4. The smallest absolute Gasteiger partial charge is 0.257 e. The summed E-state index contributed by atoms with van der Waals surface area (Å²) < 4.78 is 5.87. The second-order valence-electron chi connectivity index (χ2n) is 8.68. The quantitative estimate of drug-likeness (QED) is 0.609. The van der Waals surface area contributed by atoms with E-state index in [1.54, 1.807) is 49.6 Å². The predicted molar refractivity (Wildman–Crippen MR) is 129 cm³/mol. The average molecular weight is 460 g/mol. The molecule has 8 heteroatoms. The number of hydrogen-bond acceptors (Lipinski definition) is 6. The van der Waals surface area contributed by atoms with Gasteiger partial charge in [-0.3, -0.25) is 19.5 Å². The van der Waals surface area contributed by atoms with Crippen LogP contribution >= 0.6 is 0 Å². The number of amides is 2. The number of ether oxygens (including phenoxy) is 1. The first-order valence-corrected chi connectivity index (χ1v) is 11.2. The number of aryl methyl sites for hydroxylation is 1. The number of aromatic nitrogens is 2. The highest BCUT2D eigenvalue weighted by Crippen LogP contribution is 2.36. The van der Waals surface area contributed by atoms with Gasteiger partial charge in [0.05, 0.1) is 24.3 Å². The molecule has 0 saturated carbocycles. The van der Waals surface area contributed by atoms with E-state index >= 15 is 0 Å². The van der Waals surface area contributed by atoms with Crippen LogP contribution in [0, 0.1) is 6.92 Å². The first-order chi connectivity index (χ1) is 16.3. The summed E-state index contributed by atoms with van der Waals surface area (Å²) >= 11 is 0. The lowest BCUT2D eigenvalue weighted by atomic mass is 9.99. The highest BCUT2D eigenvalue weighted by molar-refractivity contribution is 5.96. The molecule has 1 fully saturated rings. The largest absolute Gasteiger partial charge is 0.437 e. The summed E-state index contributed by atoms with van der Waals surface area (Å²) in [5, 5.41) is 3.15. The molecule has 2 amide bonds. The molecule has 3 atom stereocenters. The summed E-state index contributed by atoms with van der Waals surface area (Å²) in [5.41, 5.74) is 2.23. The number of hydrogen-bond donors (Lipinski definition) is 1. The van der Waals surface area contributed by atoms with Crippen molar-refractivity contribution < 1.29 is 14.3 Å². The number of nitrogens with zero attached hydrogens (tertiary/aromatic N) is 4. The normalized spacial score (nSPS) is 20.1. The lowest BCUT2D eigenvalue weighted by Crippen LogP contribution is -2.41. The van der Waals surface area contributed by atoms with Gasteiger partial charge in [-0.25, -0.2) is 4.98 Å². The molecule has 0 radical (unpaired) electrons. The first kappa shape index (κ1) is 23.4. The summed E-state index contributed by atoms with van der Waals surface area (Å²) in [5.74, 6) is 0.407. The lowest BCUT2D eigenvalue weighted by molar-refractivity contribution is -0.133. The van der Waals surface area contributed by atoms with Crippen molar-refractivity contribution in [2.45, 2.75) is 31.5 Å². The fraction of sp³-hybridized carbons (Fsp3) is 0.308. The summed E-state index contributed by atoms with van der Waals surface area (Å²) in [6.07, 6.45) is 3.67. The summed E-state index contributed by atoms with van der Waals surface area (Å²) in [6.45, 7) is 1.89. The van der Waals surface area contributed by atoms with Gasteiger partial charge in [0, 0.05) is 26.0 Å². The van der Waals surface area contributed by atoms with Crippen LogP contribution in [0.25, 0.3) is 0 Å². The summed E-state index contributed by atoms with van der Waals surface area (Å²) in [6, 6.07) is 16.1. The minimum atomic E-state index is -0.339. The number of rotatable bonds is 6. The van der Waals surface area contributed by atoms with Gasteiger partial charge in [-0.15, -0.1) is 0 Å². The van der Waals surface area contributed by atoms with Gasteiger partial charge >= 0.3 is 0 Å². The van der Waals surface area contributed by atoms with E-state index in [9.17, 15) is 9.59 Å².